The number of anilines is 1. The standard InChI is InChI=1S/C18H22BrN3O3S2/c1-13-3-4-14(2)15(11-13)21-7-9-22(10-8-21)17(23)12-20-27(24,25)18-6-5-16(19)26-18/h3-6,11,20H,7-10,12H2,1-2H3. The topological polar surface area (TPSA) is 69.7 Å². The molecular weight excluding hydrogens is 450 g/mol. The zero-order valence-electron chi connectivity index (χ0n) is 15.2. The molecule has 0 aliphatic carbocycles. The van der Waals surface area contributed by atoms with Crippen LogP contribution < -0.4 is 9.62 Å². The molecule has 0 bridgehead atoms. The highest BCUT2D eigenvalue weighted by Crippen LogP contribution is 2.26. The van der Waals surface area contributed by atoms with E-state index in [1.807, 2.05) is 0 Å². The molecule has 6 nitrogen and oxygen atoms in total. The van der Waals surface area contributed by atoms with Crippen molar-refractivity contribution in [1.82, 2.24) is 9.62 Å². The van der Waals surface area contributed by atoms with Crippen LogP contribution in [-0.2, 0) is 14.8 Å². The van der Waals surface area contributed by atoms with Crippen molar-refractivity contribution >= 4 is 48.9 Å². The lowest BCUT2D eigenvalue weighted by atomic mass is 10.1. The van der Waals surface area contributed by atoms with Gasteiger partial charge in [-0.25, -0.2) is 13.1 Å². The zero-order chi connectivity index (χ0) is 19.6. The van der Waals surface area contributed by atoms with Gasteiger partial charge in [-0.1, -0.05) is 12.1 Å². The first-order valence-corrected chi connectivity index (χ1v) is 11.7. The maximum absolute atomic E-state index is 12.4. The van der Waals surface area contributed by atoms with Gasteiger partial charge in [0.15, 0.2) is 0 Å². The molecule has 9 heteroatoms. The number of rotatable bonds is 5. The number of halogens is 1. The zero-order valence-corrected chi connectivity index (χ0v) is 18.5. The fraction of sp³-hybridized carbons (Fsp3) is 0.389. The predicted molar refractivity (Wildman–Crippen MR) is 112 cm³/mol. The molecule has 3 rings (SSSR count). The van der Waals surface area contributed by atoms with Crippen LogP contribution in [0.15, 0.2) is 38.3 Å². The van der Waals surface area contributed by atoms with Crippen LogP contribution in [-0.4, -0.2) is 51.9 Å². The lowest BCUT2D eigenvalue weighted by Gasteiger charge is -2.37. The molecule has 1 aliphatic rings. The van der Waals surface area contributed by atoms with E-state index in [4.69, 9.17) is 0 Å². The SMILES string of the molecule is Cc1ccc(C)c(N2CCN(C(=O)CNS(=O)(=O)c3ccc(Br)s3)CC2)c1. The van der Waals surface area contributed by atoms with Crippen molar-refractivity contribution in [3.05, 3.63) is 45.2 Å². The van der Waals surface area contributed by atoms with E-state index < -0.39 is 10.0 Å². The van der Waals surface area contributed by atoms with Crippen molar-refractivity contribution in [2.24, 2.45) is 0 Å². The smallest absolute Gasteiger partial charge is 0.250 e. The van der Waals surface area contributed by atoms with E-state index in [9.17, 15) is 13.2 Å². The van der Waals surface area contributed by atoms with Crippen LogP contribution in [0.1, 0.15) is 11.1 Å². The molecule has 27 heavy (non-hydrogen) atoms. The summed E-state index contributed by atoms with van der Waals surface area (Å²) in [6.07, 6.45) is 0. The lowest BCUT2D eigenvalue weighted by Crippen LogP contribution is -2.51. The Bertz CT molecular complexity index is 935. The molecule has 1 fully saturated rings. The molecule has 1 saturated heterocycles. The number of sulfonamides is 1. The number of nitrogens with one attached hydrogen (secondary N) is 1. The van der Waals surface area contributed by atoms with Crippen LogP contribution >= 0.6 is 27.3 Å². The third kappa shape index (κ3) is 4.90. The van der Waals surface area contributed by atoms with Gasteiger partial charge in [-0.15, -0.1) is 11.3 Å². The Morgan fingerprint density at radius 2 is 1.85 bits per heavy atom. The number of hydrogen-bond donors (Lipinski definition) is 1. The molecule has 0 unspecified atom stereocenters. The summed E-state index contributed by atoms with van der Waals surface area (Å²) in [7, 11) is -3.66. The fourth-order valence-electron chi connectivity index (χ4n) is 3.04. The molecule has 0 atom stereocenters. The van der Waals surface area contributed by atoms with E-state index in [1.54, 1.807) is 11.0 Å². The summed E-state index contributed by atoms with van der Waals surface area (Å²) < 4.78 is 27.8. The Labute approximate surface area is 172 Å². The monoisotopic (exact) mass is 471 g/mol. The molecule has 1 amide bonds. The Morgan fingerprint density at radius 1 is 1.15 bits per heavy atom. The van der Waals surface area contributed by atoms with Gasteiger partial charge in [-0.3, -0.25) is 4.79 Å². The van der Waals surface area contributed by atoms with Crippen LogP contribution in [0.4, 0.5) is 5.69 Å². The molecule has 1 aromatic heterocycles. The van der Waals surface area contributed by atoms with Crippen LogP contribution in [0, 0.1) is 13.8 Å². The average Bonchev–Trinajstić information content (AvgIpc) is 3.09. The Morgan fingerprint density at radius 3 is 2.48 bits per heavy atom. The van der Waals surface area contributed by atoms with Crippen molar-refractivity contribution in [3.63, 3.8) is 0 Å². The third-order valence-corrected chi connectivity index (χ3v) is 8.08. The second kappa shape index (κ2) is 8.30. The first-order chi connectivity index (χ1) is 12.8. The number of hydrogen-bond acceptors (Lipinski definition) is 5. The predicted octanol–water partition coefficient (Wildman–Crippen LogP) is 2.75. The molecular formula is C18H22BrN3O3S2. The van der Waals surface area contributed by atoms with E-state index in [-0.39, 0.29) is 16.7 Å². The average molecular weight is 472 g/mol. The van der Waals surface area contributed by atoms with Gasteiger partial charge in [-0.2, -0.15) is 0 Å². The normalized spacial score (nSPS) is 15.2. The Kier molecular flexibility index (Phi) is 6.25. The third-order valence-electron chi connectivity index (χ3n) is 4.56. The molecule has 0 radical (unpaired) electrons. The van der Waals surface area contributed by atoms with Crippen molar-refractivity contribution < 1.29 is 13.2 Å². The first kappa shape index (κ1) is 20.3. The van der Waals surface area contributed by atoms with Crippen LogP contribution in [0.2, 0.25) is 0 Å². The molecule has 1 N–H and O–H groups in total. The van der Waals surface area contributed by atoms with Crippen LogP contribution in [0.3, 0.4) is 0 Å². The minimum absolute atomic E-state index is 0.196. The summed E-state index contributed by atoms with van der Waals surface area (Å²) in [6, 6.07) is 9.56. The van der Waals surface area contributed by atoms with E-state index in [1.165, 1.54) is 22.9 Å². The number of benzene rings is 1. The molecule has 2 aromatic rings. The minimum atomic E-state index is -3.66. The maximum Gasteiger partial charge on any atom is 0.250 e. The van der Waals surface area contributed by atoms with Gasteiger partial charge in [0.2, 0.25) is 5.91 Å². The highest BCUT2D eigenvalue weighted by atomic mass is 79.9. The number of aryl methyl sites for hydroxylation is 2. The number of carbonyl (C=O) groups excluding carboxylic acids is 1. The fourth-order valence-corrected chi connectivity index (χ4v) is 6.07. The number of piperazine rings is 1. The Hall–Kier alpha value is -1.42. The highest BCUT2D eigenvalue weighted by Gasteiger charge is 2.24. The molecule has 146 valence electrons. The number of carbonyl (C=O) groups is 1. The number of amides is 1. The summed E-state index contributed by atoms with van der Waals surface area (Å²) in [5.74, 6) is -0.199. The molecule has 1 aromatic carbocycles. The van der Waals surface area contributed by atoms with Crippen molar-refractivity contribution in [2.45, 2.75) is 18.1 Å². The van der Waals surface area contributed by atoms with E-state index in [0.717, 1.165) is 28.2 Å². The summed E-state index contributed by atoms with van der Waals surface area (Å²) >= 11 is 4.36. The molecule has 0 spiro atoms. The quantitative estimate of drug-likeness (QED) is 0.727. The van der Waals surface area contributed by atoms with E-state index in [2.05, 4.69) is 57.6 Å². The lowest BCUT2D eigenvalue weighted by molar-refractivity contribution is -0.130. The Balaban J connectivity index is 1.55. The van der Waals surface area contributed by atoms with Crippen molar-refractivity contribution in [3.8, 4) is 0 Å². The number of nitrogens with zero attached hydrogens (tertiary/aromatic N) is 2. The van der Waals surface area contributed by atoms with Gasteiger partial charge in [0.1, 0.15) is 4.21 Å². The van der Waals surface area contributed by atoms with E-state index >= 15 is 0 Å². The van der Waals surface area contributed by atoms with Crippen molar-refractivity contribution in [1.29, 1.82) is 0 Å². The molecule has 2 heterocycles. The summed E-state index contributed by atoms with van der Waals surface area (Å²) in [4.78, 5) is 16.4. The van der Waals surface area contributed by atoms with Gasteiger partial charge in [-0.05, 0) is 59.1 Å². The molecule has 0 saturated carbocycles. The van der Waals surface area contributed by atoms with Gasteiger partial charge in [0.25, 0.3) is 10.0 Å². The summed E-state index contributed by atoms with van der Waals surface area (Å²) in [5.41, 5.74) is 3.63. The van der Waals surface area contributed by atoms with Gasteiger partial charge < -0.3 is 9.80 Å². The van der Waals surface area contributed by atoms with Gasteiger partial charge in [0, 0.05) is 31.9 Å². The largest absolute Gasteiger partial charge is 0.368 e. The minimum Gasteiger partial charge on any atom is -0.368 e. The van der Waals surface area contributed by atoms with E-state index in [0.29, 0.717) is 13.1 Å². The van der Waals surface area contributed by atoms with Crippen LogP contribution in [0.25, 0.3) is 0 Å². The van der Waals surface area contributed by atoms with Crippen LogP contribution in [0.5, 0.6) is 0 Å². The second-order valence-corrected chi connectivity index (χ2v) is 11.0. The summed E-state index contributed by atoms with van der Waals surface area (Å²) in [6.45, 7) is 6.57. The van der Waals surface area contributed by atoms with Gasteiger partial charge in [0.05, 0.1) is 10.3 Å². The van der Waals surface area contributed by atoms with Crippen molar-refractivity contribution in [2.75, 3.05) is 37.6 Å². The second-order valence-electron chi connectivity index (χ2n) is 6.54. The van der Waals surface area contributed by atoms with Gasteiger partial charge >= 0.3 is 0 Å². The first-order valence-electron chi connectivity index (χ1n) is 8.61. The maximum atomic E-state index is 12.4. The number of thiophene rings is 1. The molecule has 1 aliphatic heterocycles. The highest BCUT2D eigenvalue weighted by molar-refractivity contribution is 9.11. The summed E-state index contributed by atoms with van der Waals surface area (Å²) in [5, 5.41) is 0.